The lowest BCUT2D eigenvalue weighted by Gasteiger charge is -2.31. The largest absolute Gasteiger partial charge is 0.444 e. The summed E-state index contributed by atoms with van der Waals surface area (Å²) in [6.07, 6.45) is -2.02. The Kier molecular flexibility index (Phi) is 8.05. The van der Waals surface area contributed by atoms with Crippen molar-refractivity contribution in [3.63, 3.8) is 0 Å². The van der Waals surface area contributed by atoms with Crippen molar-refractivity contribution in [2.24, 2.45) is 0 Å². The molecule has 2 aromatic rings. The molecule has 3 rings (SSSR count). The molecule has 0 radical (unpaired) electrons. The summed E-state index contributed by atoms with van der Waals surface area (Å²) in [6.45, 7) is 5.81. The number of ether oxygens (including phenoxy) is 2. The molecular weight excluding hydrogens is 424 g/mol. The number of rotatable bonds is 8. The summed E-state index contributed by atoms with van der Waals surface area (Å²) in [5.41, 5.74) is 0.997. The molecule has 1 aliphatic heterocycles. The van der Waals surface area contributed by atoms with E-state index in [0.29, 0.717) is 6.61 Å². The number of hydrogen-bond donors (Lipinski definition) is 1. The van der Waals surface area contributed by atoms with E-state index in [4.69, 9.17) is 9.47 Å². The molecule has 8 heteroatoms. The molecule has 2 aromatic carbocycles. The Morgan fingerprint density at radius 3 is 2.24 bits per heavy atom. The first-order chi connectivity index (χ1) is 15.6. The van der Waals surface area contributed by atoms with Crippen molar-refractivity contribution in [2.75, 3.05) is 6.54 Å². The van der Waals surface area contributed by atoms with Crippen molar-refractivity contribution in [1.29, 1.82) is 0 Å². The predicted octanol–water partition coefficient (Wildman–Crippen LogP) is 3.83. The second-order valence-corrected chi connectivity index (χ2v) is 9.39. The van der Waals surface area contributed by atoms with Crippen LogP contribution in [0.3, 0.4) is 0 Å². The molecule has 2 unspecified atom stereocenters. The van der Waals surface area contributed by atoms with Gasteiger partial charge in [0.2, 0.25) is 6.04 Å². The molecule has 0 spiro atoms. The maximum atomic E-state index is 12.9. The van der Waals surface area contributed by atoms with Gasteiger partial charge in [0.15, 0.2) is 0 Å². The van der Waals surface area contributed by atoms with Crippen LogP contribution >= 0.6 is 0 Å². The zero-order valence-electron chi connectivity index (χ0n) is 19.3. The van der Waals surface area contributed by atoms with Gasteiger partial charge in [-0.25, -0.2) is 4.79 Å². The molecule has 0 aromatic heterocycles. The normalized spacial score (nSPS) is 20.3. The summed E-state index contributed by atoms with van der Waals surface area (Å²) in [6, 6.07) is 16.6. The molecule has 1 N–H and O–H groups in total. The summed E-state index contributed by atoms with van der Waals surface area (Å²) < 4.78 is 11.5. The third kappa shape index (κ3) is 7.00. The van der Waals surface area contributed by atoms with Crippen LogP contribution < -0.4 is 0 Å². The molecule has 0 aliphatic carbocycles. The Balaban J connectivity index is 1.77. The SMILES string of the molecule is CC(C)(C)OC(=O)N1CC(OCc2ccccc2)CC1[C@@H](O)[C@@H](Cc1ccccc1)[N+](=O)[O-]. The first-order valence-corrected chi connectivity index (χ1v) is 11.1. The van der Waals surface area contributed by atoms with Gasteiger partial charge < -0.3 is 14.6 Å². The van der Waals surface area contributed by atoms with Gasteiger partial charge in [-0.1, -0.05) is 60.7 Å². The van der Waals surface area contributed by atoms with Gasteiger partial charge in [0, 0.05) is 11.3 Å². The Bertz CT molecular complexity index is 915. The number of carbonyl (C=O) groups excluding carboxylic acids is 1. The summed E-state index contributed by atoms with van der Waals surface area (Å²) in [5, 5.41) is 23.0. The highest BCUT2D eigenvalue weighted by atomic mass is 16.6. The molecule has 178 valence electrons. The number of benzene rings is 2. The van der Waals surface area contributed by atoms with E-state index in [1.165, 1.54) is 4.90 Å². The molecular formula is C25H32N2O6. The van der Waals surface area contributed by atoms with E-state index in [0.717, 1.165) is 11.1 Å². The molecule has 33 heavy (non-hydrogen) atoms. The predicted molar refractivity (Wildman–Crippen MR) is 123 cm³/mol. The van der Waals surface area contributed by atoms with Gasteiger partial charge in [-0.3, -0.25) is 15.0 Å². The first kappa shape index (κ1) is 24.7. The smallest absolute Gasteiger partial charge is 0.410 e. The fourth-order valence-electron chi connectivity index (χ4n) is 4.02. The monoisotopic (exact) mass is 456 g/mol. The third-order valence-corrected chi connectivity index (χ3v) is 5.61. The van der Waals surface area contributed by atoms with Crippen LogP contribution in [0.1, 0.15) is 38.3 Å². The van der Waals surface area contributed by atoms with Crippen molar-refractivity contribution < 1.29 is 24.3 Å². The minimum atomic E-state index is -1.38. The Morgan fingerprint density at radius 2 is 1.70 bits per heavy atom. The Hall–Kier alpha value is -2.97. The van der Waals surface area contributed by atoms with Crippen LogP contribution in [0.25, 0.3) is 0 Å². The number of nitrogens with zero attached hydrogens (tertiary/aromatic N) is 2. The van der Waals surface area contributed by atoms with Gasteiger partial charge in [0.05, 0.1) is 25.3 Å². The van der Waals surface area contributed by atoms with Gasteiger partial charge in [-0.15, -0.1) is 0 Å². The number of amides is 1. The number of likely N-dealkylation sites (tertiary alicyclic amines) is 1. The summed E-state index contributed by atoms with van der Waals surface area (Å²) in [7, 11) is 0. The fourth-order valence-corrected chi connectivity index (χ4v) is 4.02. The average Bonchev–Trinajstić information content (AvgIpc) is 3.20. The van der Waals surface area contributed by atoms with Crippen molar-refractivity contribution in [3.05, 3.63) is 81.9 Å². The summed E-state index contributed by atoms with van der Waals surface area (Å²) >= 11 is 0. The van der Waals surface area contributed by atoms with Crippen LogP contribution in [0.2, 0.25) is 0 Å². The molecule has 1 amide bonds. The molecule has 8 nitrogen and oxygen atoms in total. The zero-order chi connectivity index (χ0) is 24.0. The van der Waals surface area contributed by atoms with E-state index < -0.39 is 34.8 Å². The Morgan fingerprint density at radius 1 is 1.12 bits per heavy atom. The molecule has 1 heterocycles. The van der Waals surface area contributed by atoms with E-state index >= 15 is 0 Å². The molecule has 1 fully saturated rings. The fraction of sp³-hybridized carbons (Fsp3) is 0.480. The molecule has 4 atom stereocenters. The van der Waals surface area contributed by atoms with Gasteiger partial charge >= 0.3 is 6.09 Å². The van der Waals surface area contributed by atoms with Crippen LogP contribution in [-0.4, -0.2) is 57.5 Å². The highest BCUT2D eigenvalue weighted by Crippen LogP contribution is 2.29. The number of hydrogen-bond acceptors (Lipinski definition) is 6. The van der Waals surface area contributed by atoms with Crippen molar-refractivity contribution >= 4 is 6.09 Å². The number of carbonyl (C=O) groups is 1. The summed E-state index contributed by atoms with van der Waals surface area (Å²) in [4.78, 5) is 25.7. The molecule has 0 saturated carbocycles. The van der Waals surface area contributed by atoms with Crippen molar-refractivity contribution in [2.45, 2.75) is 70.1 Å². The van der Waals surface area contributed by atoms with Gasteiger partial charge in [0.25, 0.3) is 0 Å². The highest BCUT2D eigenvalue weighted by molar-refractivity contribution is 5.69. The van der Waals surface area contributed by atoms with Crippen LogP contribution in [0.4, 0.5) is 4.79 Å². The standard InChI is InChI=1S/C25H32N2O6/c1-25(2,3)33-24(29)26-16-20(32-17-19-12-8-5-9-13-19)15-21(26)23(28)22(27(30)31)14-18-10-6-4-7-11-18/h4-13,20-23,28H,14-17H2,1-3H3/t20?,21?,22-,23-/m1/s1. The zero-order valence-corrected chi connectivity index (χ0v) is 19.3. The molecule has 1 saturated heterocycles. The van der Waals surface area contributed by atoms with Crippen molar-refractivity contribution in [1.82, 2.24) is 4.90 Å². The second-order valence-electron chi connectivity index (χ2n) is 9.39. The van der Waals surface area contributed by atoms with Gasteiger partial charge in [0.1, 0.15) is 11.7 Å². The number of nitro groups is 1. The van der Waals surface area contributed by atoms with Crippen LogP contribution in [-0.2, 0) is 22.5 Å². The molecule has 1 aliphatic rings. The Labute approximate surface area is 194 Å². The van der Waals surface area contributed by atoms with E-state index in [1.54, 1.807) is 45.0 Å². The van der Waals surface area contributed by atoms with Crippen LogP contribution in [0.15, 0.2) is 60.7 Å². The molecule has 0 bridgehead atoms. The van der Waals surface area contributed by atoms with E-state index in [1.807, 2.05) is 36.4 Å². The maximum Gasteiger partial charge on any atom is 0.410 e. The van der Waals surface area contributed by atoms with Crippen LogP contribution in [0, 0.1) is 10.1 Å². The maximum absolute atomic E-state index is 12.9. The van der Waals surface area contributed by atoms with Gasteiger partial charge in [-0.05, 0) is 38.3 Å². The van der Waals surface area contributed by atoms with E-state index in [2.05, 4.69) is 0 Å². The average molecular weight is 457 g/mol. The summed E-state index contributed by atoms with van der Waals surface area (Å²) in [5.74, 6) is 0. The van der Waals surface area contributed by atoms with E-state index in [-0.39, 0.29) is 25.5 Å². The lowest BCUT2D eigenvalue weighted by atomic mass is 9.95. The van der Waals surface area contributed by atoms with Crippen molar-refractivity contribution in [3.8, 4) is 0 Å². The topological polar surface area (TPSA) is 102 Å². The number of aliphatic hydroxyl groups excluding tert-OH is 1. The second kappa shape index (κ2) is 10.8. The minimum Gasteiger partial charge on any atom is -0.444 e. The lowest BCUT2D eigenvalue weighted by molar-refractivity contribution is -0.535. The lowest BCUT2D eigenvalue weighted by Crippen LogP contribution is -2.51. The minimum absolute atomic E-state index is 0.0587. The van der Waals surface area contributed by atoms with Crippen LogP contribution in [0.5, 0.6) is 0 Å². The number of aliphatic hydroxyl groups is 1. The van der Waals surface area contributed by atoms with Gasteiger partial charge in [-0.2, -0.15) is 0 Å². The quantitative estimate of drug-likeness (QED) is 0.478. The third-order valence-electron chi connectivity index (χ3n) is 5.61. The highest BCUT2D eigenvalue weighted by Gasteiger charge is 2.47. The van der Waals surface area contributed by atoms with E-state index in [9.17, 15) is 20.0 Å². The first-order valence-electron chi connectivity index (χ1n) is 11.1.